The van der Waals surface area contributed by atoms with Gasteiger partial charge >= 0.3 is 0 Å². The average Bonchev–Trinajstić information content (AvgIpc) is 3.15. The maximum atomic E-state index is 14.2. The van der Waals surface area contributed by atoms with Gasteiger partial charge in [0.1, 0.15) is 17.7 Å². The molecule has 1 heterocycles. The number of carbonyl (C=O) groups excluding carboxylic acids is 2. The molecule has 1 aliphatic carbocycles. The molecule has 3 rings (SSSR count). The molecule has 2 fully saturated rings. The van der Waals surface area contributed by atoms with Crippen LogP contribution in [0.1, 0.15) is 44.1 Å². The maximum Gasteiger partial charge on any atom is 0.242 e. The lowest BCUT2D eigenvalue weighted by Gasteiger charge is -2.31. The van der Waals surface area contributed by atoms with Crippen LogP contribution < -0.4 is 10.6 Å². The van der Waals surface area contributed by atoms with Gasteiger partial charge in [-0.25, -0.2) is 8.78 Å². The second-order valence-electron chi connectivity index (χ2n) is 6.46. The molecule has 1 saturated heterocycles. The normalized spacial score (nSPS) is 22.9. The van der Waals surface area contributed by atoms with Crippen LogP contribution >= 0.6 is 0 Å². The number of hydrogen-bond acceptors (Lipinski definition) is 2. The van der Waals surface area contributed by atoms with E-state index in [-0.39, 0.29) is 23.9 Å². The fraction of sp³-hybridized carbons (Fsp3) is 0.529. The number of hydrogen-bond donors (Lipinski definition) is 2. The van der Waals surface area contributed by atoms with Gasteiger partial charge in [-0.1, -0.05) is 18.9 Å². The van der Waals surface area contributed by atoms with E-state index in [4.69, 9.17) is 0 Å². The van der Waals surface area contributed by atoms with E-state index < -0.39 is 23.1 Å². The van der Waals surface area contributed by atoms with E-state index in [1.54, 1.807) is 0 Å². The van der Waals surface area contributed by atoms with Crippen LogP contribution in [0, 0.1) is 11.6 Å². The van der Waals surface area contributed by atoms with Gasteiger partial charge in [-0.05, 0) is 31.4 Å². The zero-order valence-electron chi connectivity index (χ0n) is 12.8. The third kappa shape index (κ3) is 3.07. The van der Waals surface area contributed by atoms with Crippen molar-refractivity contribution in [1.82, 2.24) is 10.6 Å². The van der Waals surface area contributed by atoms with Crippen molar-refractivity contribution in [3.63, 3.8) is 0 Å². The Morgan fingerprint density at radius 2 is 1.91 bits per heavy atom. The topological polar surface area (TPSA) is 58.2 Å². The van der Waals surface area contributed by atoms with Crippen molar-refractivity contribution < 1.29 is 18.4 Å². The predicted molar refractivity (Wildman–Crippen MR) is 80.7 cm³/mol. The lowest BCUT2D eigenvalue weighted by atomic mass is 9.78. The van der Waals surface area contributed by atoms with Gasteiger partial charge in [0.05, 0.1) is 0 Å². The lowest BCUT2D eigenvalue weighted by Crippen LogP contribution is -2.47. The zero-order chi connectivity index (χ0) is 16.4. The summed E-state index contributed by atoms with van der Waals surface area (Å²) in [5, 5.41) is 5.40. The van der Waals surface area contributed by atoms with Crippen LogP contribution in [0.5, 0.6) is 0 Å². The SMILES string of the molecule is O=C1CCC(C(=O)NCC2(c3c(F)cccc3F)CCCC2)N1. The first-order valence-corrected chi connectivity index (χ1v) is 8.03. The summed E-state index contributed by atoms with van der Waals surface area (Å²) in [6.45, 7) is 0.191. The minimum Gasteiger partial charge on any atom is -0.353 e. The molecule has 1 aliphatic heterocycles. The number of nitrogens with one attached hydrogen (secondary N) is 2. The van der Waals surface area contributed by atoms with Crippen LogP contribution in [0.4, 0.5) is 8.78 Å². The number of carbonyl (C=O) groups is 2. The average molecular weight is 322 g/mol. The second kappa shape index (κ2) is 6.26. The molecule has 2 N–H and O–H groups in total. The molecular weight excluding hydrogens is 302 g/mol. The van der Waals surface area contributed by atoms with E-state index in [2.05, 4.69) is 10.6 Å². The molecule has 1 aromatic carbocycles. The standard InChI is InChI=1S/C17H20F2N2O2/c18-11-4-3-5-12(19)15(11)17(8-1-2-9-17)10-20-16(23)13-6-7-14(22)21-13/h3-5,13H,1-2,6-10H2,(H,20,23)(H,21,22). The van der Waals surface area contributed by atoms with Crippen LogP contribution in [0.25, 0.3) is 0 Å². The molecule has 4 nitrogen and oxygen atoms in total. The van der Waals surface area contributed by atoms with Crippen molar-refractivity contribution in [1.29, 1.82) is 0 Å². The molecule has 2 amide bonds. The fourth-order valence-electron chi connectivity index (χ4n) is 3.76. The molecule has 124 valence electrons. The molecule has 1 unspecified atom stereocenters. The van der Waals surface area contributed by atoms with Crippen molar-refractivity contribution in [2.45, 2.75) is 50.0 Å². The van der Waals surface area contributed by atoms with Gasteiger partial charge in [0, 0.05) is 23.9 Å². The summed E-state index contributed by atoms with van der Waals surface area (Å²) in [6.07, 6.45) is 3.84. The highest BCUT2D eigenvalue weighted by molar-refractivity contribution is 5.90. The molecule has 1 atom stereocenters. The van der Waals surface area contributed by atoms with Crippen molar-refractivity contribution in [3.8, 4) is 0 Å². The Morgan fingerprint density at radius 1 is 1.26 bits per heavy atom. The summed E-state index contributed by atoms with van der Waals surface area (Å²) in [5.41, 5.74) is -0.624. The van der Waals surface area contributed by atoms with Crippen molar-refractivity contribution in [3.05, 3.63) is 35.4 Å². The minimum absolute atomic E-state index is 0.0771. The maximum absolute atomic E-state index is 14.2. The van der Waals surface area contributed by atoms with Gasteiger partial charge in [-0.15, -0.1) is 0 Å². The first-order valence-electron chi connectivity index (χ1n) is 8.03. The first kappa shape index (κ1) is 15.9. The molecular formula is C17H20F2N2O2. The Balaban J connectivity index is 1.77. The molecule has 0 spiro atoms. The molecule has 1 aromatic rings. The quantitative estimate of drug-likeness (QED) is 0.892. The molecule has 0 bridgehead atoms. The number of rotatable bonds is 4. The van der Waals surface area contributed by atoms with E-state index in [9.17, 15) is 18.4 Å². The van der Waals surface area contributed by atoms with E-state index >= 15 is 0 Å². The summed E-state index contributed by atoms with van der Waals surface area (Å²) in [7, 11) is 0. The van der Waals surface area contributed by atoms with Crippen LogP contribution in [0.15, 0.2) is 18.2 Å². The van der Waals surface area contributed by atoms with Gasteiger partial charge in [0.25, 0.3) is 0 Å². The highest BCUT2D eigenvalue weighted by atomic mass is 19.1. The van der Waals surface area contributed by atoms with E-state index in [0.717, 1.165) is 12.8 Å². The smallest absolute Gasteiger partial charge is 0.242 e. The van der Waals surface area contributed by atoms with E-state index in [0.29, 0.717) is 25.7 Å². The van der Waals surface area contributed by atoms with Gasteiger partial charge < -0.3 is 10.6 Å². The van der Waals surface area contributed by atoms with Gasteiger partial charge in [-0.3, -0.25) is 9.59 Å². The second-order valence-corrected chi connectivity index (χ2v) is 6.46. The Hall–Kier alpha value is -1.98. The summed E-state index contributed by atoms with van der Waals surface area (Å²) >= 11 is 0. The first-order chi connectivity index (χ1) is 11.0. The summed E-state index contributed by atoms with van der Waals surface area (Å²) in [4.78, 5) is 23.4. The summed E-state index contributed by atoms with van der Waals surface area (Å²) in [6, 6.07) is 3.34. The highest BCUT2D eigenvalue weighted by Crippen LogP contribution is 2.42. The Bertz CT molecular complexity index is 607. The minimum atomic E-state index is -0.701. The Labute approximate surface area is 133 Å². The Kier molecular flexibility index (Phi) is 4.33. The molecule has 0 radical (unpaired) electrons. The van der Waals surface area contributed by atoms with Gasteiger partial charge in [0.15, 0.2) is 0 Å². The van der Waals surface area contributed by atoms with Crippen LogP contribution in [-0.2, 0) is 15.0 Å². The Morgan fingerprint density at radius 3 is 2.48 bits per heavy atom. The largest absolute Gasteiger partial charge is 0.353 e. The van der Waals surface area contributed by atoms with Crippen LogP contribution in [0.2, 0.25) is 0 Å². The fourth-order valence-corrected chi connectivity index (χ4v) is 3.76. The zero-order valence-corrected chi connectivity index (χ0v) is 12.8. The number of halogens is 2. The monoisotopic (exact) mass is 322 g/mol. The van der Waals surface area contributed by atoms with Crippen molar-refractivity contribution >= 4 is 11.8 Å². The molecule has 2 aliphatic rings. The van der Waals surface area contributed by atoms with E-state index in [1.165, 1.54) is 18.2 Å². The summed E-state index contributed by atoms with van der Waals surface area (Å²) < 4.78 is 28.4. The predicted octanol–water partition coefficient (Wildman–Crippen LogP) is 2.17. The van der Waals surface area contributed by atoms with Crippen LogP contribution in [-0.4, -0.2) is 24.4 Å². The van der Waals surface area contributed by atoms with Gasteiger partial charge in [0.2, 0.25) is 11.8 Å². The van der Waals surface area contributed by atoms with Crippen LogP contribution in [0.3, 0.4) is 0 Å². The highest BCUT2D eigenvalue weighted by Gasteiger charge is 2.40. The van der Waals surface area contributed by atoms with Gasteiger partial charge in [-0.2, -0.15) is 0 Å². The number of amides is 2. The molecule has 0 aromatic heterocycles. The number of benzene rings is 1. The van der Waals surface area contributed by atoms with Crippen molar-refractivity contribution in [2.24, 2.45) is 0 Å². The summed E-state index contributed by atoms with van der Waals surface area (Å²) in [5.74, 6) is -1.54. The van der Waals surface area contributed by atoms with E-state index in [1.807, 2.05) is 0 Å². The lowest BCUT2D eigenvalue weighted by molar-refractivity contribution is -0.125. The third-order valence-corrected chi connectivity index (χ3v) is 4.97. The third-order valence-electron chi connectivity index (χ3n) is 4.97. The molecule has 23 heavy (non-hydrogen) atoms. The molecule has 6 heteroatoms. The van der Waals surface area contributed by atoms with Crippen molar-refractivity contribution in [2.75, 3.05) is 6.54 Å². The molecule has 1 saturated carbocycles.